The summed E-state index contributed by atoms with van der Waals surface area (Å²) >= 11 is 1.83. The van der Waals surface area contributed by atoms with Crippen LogP contribution in [0.2, 0.25) is 0 Å². The molecule has 742 valence electrons. The largest absolute Gasteiger partial charge is 0.468 e. The highest BCUT2D eigenvalue weighted by atomic mass is 32.1. The molecule has 34 nitrogen and oxygen atoms in total. The quantitative estimate of drug-likeness (QED) is 0.0161. The van der Waals surface area contributed by atoms with E-state index in [0.29, 0.717) is 57.2 Å². The molecule has 2 aliphatic rings. The summed E-state index contributed by atoms with van der Waals surface area (Å²) in [5.41, 5.74) is 26.8. The van der Waals surface area contributed by atoms with Crippen LogP contribution < -0.4 is 54.4 Å². The molecule has 0 radical (unpaired) electrons. The predicted molar refractivity (Wildman–Crippen MR) is 543 cm³/mol. The van der Waals surface area contributed by atoms with Crippen molar-refractivity contribution in [3.63, 3.8) is 0 Å². The van der Waals surface area contributed by atoms with E-state index in [4.69, 9.17) is 21.6 Å². The molecule has 5 heterocycles. The van der Waals surface area contributed by atoms with Crippen LogP contribution in [0, 0.1) is 12.7 Å². The maximum atomic E-state index is 13.2. The fraction of sp³-hybridized carbons (Fsp3) is 0.183. The highest BCUT2D eigenvalue weighted by Gasteiger charge is 2.37. The van der Waals surface area contributed by atoms with Crippen molar-refractivity contribution in [3.8, 4) is 56.2 Å². The summed E-state index contributed by atoms with van der Waals surface area (Å²) in [6.45, 7) is 1.76. The van der Waals surface area contributed by atoms with Gasteiger partial charge in [0.2, 0.25) is 28.9 Å². The van der Waals surface area contributed by atoms with Gasteiger partial charge in [-0.05, 0) is 103 Å². The third kappa shape index (κ3) is 30.0. The number of amides is 10. The van der Waals surface area contributed by atoms with Gasteiger partial charge >= 0.3 is 0 Å². The Morgan fingerprint density at radius 3 is 0.959 bits per heavy atom. The summed E-state index contributed by atoms with van der Waals surface area (Å²) in [5, 5.41) is 27.4. The van der Waals surface area contributed by atoms with Gasteiger partial charge in [0.05, 0.1) is 46.2 Å². The number of nitrogens with one attached hydrogen (secondary N) is 7. The smallest absolute Gasteiger partial charge is 0.289 e. The Balaban J connectivity index is 0.000000153. The minimum Gasteiger partial charge on any atom is -0.468 e. The zero-order chi connectivity index (χ0) is 104. The molecule has 146 heavy (non-hydrogen) atoms. The molecule has 17 rings (SSSR count). The maximum Gasteiger partial charge on any atom is 0.289 e. The number of hydrogen-bond donors (Lipinski definition) is 10. The lowest BCUT2D eigenvalue weighted by Crippen LogP contribution is -2.49. The third-order valence-corrected chi connectivity index (χ3v) is 24.0. The van der Waals surface area contributed by atoms with E-state index in [9.17, 15) is 76.3 Å². The minimum atomic E-state index is -1.13. The zero-order valence-electron chi connectivity index (χ0n) is 79.2. The number of benzene rings is 10. The summed E-state index contributed by atoms with van der Waals surface area (Å²) < 4.78 is 38.3. The lowest BCUT2D eigenvalue weighted by atomic mass is 9.99. The van der Waals surface area contributed by atoms with E-state index in [1.54, 1.807) is 56.2 Å². The summed E-state index contributed by atoms with van der Waals surface area (Å²) in [5.74, 6) is -11.0. The predicted octanol–water partition coefficient (Wildman–Crippen LogP) is 10.9. The lowest BCUT2D eigenvalue weighted by Gasteiger charge is -2.17. The molecule has 5 atom stereocenters. The Morgan fingerprint density at radius 1 is 0.342 bits per heavy atom. The Bertz CT molecular complexity index is 7120. The van der Waals surface area contributed by atoms with Crippen LogP contribution in [0.15, 0.2) is 320 Å². The second kappa shape index (κ2) is 51.4. The lowest BCUT2D eigenvalue weighted by molar-refractivity contribution is -0.139. The molecule has 5 aromatic heterocycles. The molecule has 0 aliphatic heterocycles. The van der Waals surface area contributed by atoms with Gasteiger partial charge in [-0.25, -0.2) is 4.39 Å². The van der Waals surface area contributed by atoms with E-state index in [0.717, 1.165) is 99.2 Å². The van der Waals surface area contributed by atoms with Crippen molar-refractivity contribution in [2.45, 2.75) is 113 Å². The van der Waals surface area contributed by atoms with Gasteiger partial charge in [-0.3, -0.25) is 81.3 Å². The topological polar surface area (TPSA) is 519 Å². The number of nitrogens with zero attached hydrogens (tertiary/aromatic N) is 8. The van der Waals surface area contributed by atoms with Gasteiger partial charge in [0.15, 0.2) is 11.4 Å². The summed E-state index contributed by atoms with van der Waals surface area (Å²) in [7, 11) is 3.37. The molecule has 2 saturated carbocycles. The number of ketones is 5. The molecule has 15 aromatic rings. The van der Waals surface area contributed by atoms with Crippen LogP contribution in [0.1, 0.15) is 118 Å². The average molecular weight is 2000 g/mol. The van der Waals surface area contributed by atoms with Crippen LogP contribution in [0.4, 0.5) is 4.39 Å². The Labute approximate surface area is 845 Å². The third-order valence-electron chi connectivity index (χ3n) is 22.9. The van der Waals surface area contributed by atoms with Crippen molar-refractivity contribution >= 4 is 111 Å². The molecular weight excluding hydrogens is 1900 g/mol. The van der Waals surface area contributed by atoms with Crippen LogP contribution in [-0.2, 0) is 94.1 Å². The first-order valence-corrected chi connectivity index (χ1v) is 47.7. The Hall–Kier alpha value is -18.0. The molecule has 10 aromatic carbocycles. The van der Waals surface area contributed by atoms with E-state index in [1.165, 1.54) is 41.4 Å². The summed E-state index contributed by atoms with van der Waals surface area (Å²) in [4.78, 5) is 186. The first-order chi connectivity index (χ1) is 70.5. The van der Waals surface area contributed by atoms with E-state index >= 15 is 0 Å². The number of carbonyl (C=O) groups excluding carboxylic acids is 15. The van der Waals surface area contributed by atoms with Crippen LogP contribution in [-0.4, -0.2) is 167 Å². The molecule has 37 heteroatoms. The molecule has 10 amide bonds. The van der Waals surface area contributed by atoms with Crippen LogP contribution in [0.3, 0.4) is 0 Å². The van der Waals surface area contributed by atoms with Gasteiger partial charge in [-0.15, -0.1) is 0 Å². The first kappa shape index (κ1) is 105. The standard InChI is InChI=1S/C24H24N4O3.C22H20N4O3S.C22H20N2O4.C21H19FN4O3.C20H18N4O3S/c1-28-15-19(21(27-28)17-10-6-3-7-11-17)23(30)26-20(14-16-8-4-2-5-9-16)22(29)24(31)25-18-12-13-18;27-20(22(29)23-16-11-12-16)17(13-14-7-3-1-4-8-14)24-21(28)19-18(25-30-26-19)15-9-5-2-6-10-15;1-14-19(16-10-6-3-7-11-16)17(13-28-14)22(27)24-18(20(25)21(23)26)12-15-8-4-2-5-9-15;1-26-12-16(18(25-26)14-7-9-15(22)10-8-14)21(29)24-17(19(27)20(23)28)11-13-5-3-2-4-6-13;21-19(26)18(25)15(12-11-13-7-3-1-4-8-13)22-20(27)17-16(23-28-24-17)14-9-5-2-6-10-14/h2-11,15,18,20H,12-14H2,1H3,(H,25,31)(H,26,30);1-10,16-17H,11-13H2,(H,23,29)(H,24,28);2-11,13,18H,12H2,1H3,(H2,23,26)(H,24,27);2-10,12,17H,11H2,1H3,(H2,23,28)(H,24,29);1-10,15H,11-12H2,(H2,21,26)(H,22,27). The van der Waals surface area contributed by atoms with E-state index in [2.05, 4.69) is 64.9 Å². The minimum absolute atomic E-state index is 0.0574. The van der Waals surface area contributed by atoms with Crippen LogP contribution in [0.5, 0.6) is 0 Å². The SMILES string of the molecule is Cc1occ(C(=O)NC(Cc2ccccc2)C(=O)C(N)=O)c1-c1ccccc1.Cn1cc(C(=O)NC(Cc2ccccc2)C(=O)C(=O)NC2CC2)c(-c2ccccc2)n1.Cn1cc(C(=O)NC(Cc2ccccc2)C(=O)C(N)=O)c(-c2ccc(F)cc2)n1.NC(=O)C(=O)C(CCc1ccccc1)NC(=O)c1nsnc1-c1ccccc1.O=C(NC1CC1)C(=O)C(Cc1ccccc1)NC(=O)c1nsnc1-c1ccccc1. The monoisotopic (exact) mass is 2000 g/mol. The van der Waals surface area contributed by atoms with Gasteiger partial charge in [-0.1, -0.05) is 273 Å². The number of nitrogens with two attached hydrogens (primary N) is 3. The second-order valence-corrected chi connectivity index (χ2v) is 35.0. The molecule has 0 saturated heterocycles. The van der Waals surface area contributed by atoms with Gasteiger partial charge < -0.3 is 58.8 Å². The number of Topliss-reactive ketones (excluding diaryl/α,β-unsaturated/α-hetero) is 5. The van der Waals surface area contributed by atoms with E-state index < -0.39 is 124 Å². The molecule has 0 bridgehead atoms. The second-order valence-electron chi connectivity index (χ2n) is 33.9. The van der Waals surface area contributed by atoms with Crippen molar-refractivity contribution in [1.82, 2.24) is 74.3 Å². The van der Waals surface area contributed by atoms with Gasteiger partial charge in [0.1, 0.15) is 64.8 Å². The fourth-order valence-electron chi connectivity index (χ4n) is 15.2. The maximum absolute atomic E-state index is 13.2. The van der Waals surface area contributed by atoms with Crippen molar-refractivity contribution in [3.05, 3.63) is 383 Å². The normalized spacial score (nSPS) is 12.6. The Kier molecular flexibility index (Phi) is 37.1. The van der Waals surface area contributed by atoms with Crippen molar-refractivity contribution < 1.29 is 80.7 Å². The number of aryl methyl sites for hydroxylation is 4. The molecule has 2 fully saturated rings. The van der Waals surface area contributed by atoms with Crippen molar-refractivity contribution in [1.29, 1.82) is 0 Å². The highest BCUT2D eigenvalue weighted by Crippen LogP contribution is 2.32. The van der Waals surface area contributed by atoms with Crippen molar-refractivity contribution in [2.24, 2.45) is 31.3 Å². The number of aromatic nitrogens is 8. The Morgan fingerprint density at radius 2 is 0.623 bits per heavy atom. The fourth-order valence-corrected chi connectivity index (χ4v) is 16.3. The number of carbonyl (C=O) groups is 15. The molecular formula is C109H101FN18O16S2. The summed E-state index contributed by atoms with van der Waals surface area (Å²) in [6.07, 6.45) is 9.42. The van der Waals surface area contributed by atoms with Crippen LogP contribution >= 0.6 is 23.5 Å². The molecule has 2 aliphatic carbocycles. The first-order valence-electron chi connectivity index (χ1n) is 46.2. The highest BCUT2D eigenvalue weighted by molar-refractivity contribution is 6.99. The number of furan rings is 1. The number of primary amides is 3. The average Bonchev–Trinajstić information content (AvgIpc) is 1.66. The molecule has 0 spiro atoms. The van der Waals surface area contributed by atoms with E-state index in [-0.39, 0.29) is 61.1 Å². The van der Waals surface area contributed by atoms with Gasteiger partial charge in [0, 0.05) is 92.1 Å². The van der Waals surface area contributed by atoms with Crippen LogP contribution in [0.25, 0.3) is 56.2 Å². The van der Waals surface area contributed by atoms with Crippen molar-refractivity contribution in [2.75, 3.05) is 0 Å². The number of halogens is 1. The number of rotatable bonds is 38. The molecule has 5 unspecified atom stereocenters. The van der Waals surface area contributed by atoms with Gasteiger partial charge in [0.25, 0.3) is 59.1 Å². The zero-order valence-corrected chi connectivity index (χ0v) is 80.8. The molecule has 13 N–H and O–H groups in total. The van der Waals surface area contributed by atoms with E-state index in [1.807, 2.05) is 249 Å². The van der Waals surface area contributed by atoms with Gasteiger partial charge in [-0.2, -0.15) is 27.7 Å². The number of hydrogen-bond acceptors (Lipinski definition) is 24. The summed E-state index contributed by atoms with van der Waals surface area (Å²) in [6, 6.07) is 83.6.